The molecule has 0 atom stereocenters. The highest BCUT2D eigenvalue weighted by Gasteiger charge is 2.23. The van der Waals surface area contributed by atoms with E-state index in [4.69, 9.17) is 4.84 Å². The van der Waals surface area contributed by atoms with Crippen molar-refractivity contribution in [2.45, 2.75) is 6.42 Å². The van der Waals surface area contributed by atoms with Crippen molar-refractivity contribution in [2.24, 2.45) is 0 Å². The molecule has 0 aliphatic carbocycles. The minimum Gasteiger partial charge on any atom is -0.306 e. The molecule has 0 N–H and O–H groups in total. The molecule has 2 heterocycles. The zero-order valence-electron chi connectivity index (χ0n) is 8.67. The summed E-state index contributed by atoms with van der Waals surface area (Å²) in [5.74, 6) is 0. The van der Waals surface area contributed by atoms with Crippen LogP contribution in [0.1, 0.15) is 6.42 Å². The third-order valence-electron chi connectivity index (χ3n) is 2.72. The molecular formula is C11H11N3O2. The first kappa shape index (κ1) is 9.21. The molecule has 1 amide bonds. The van der Waals surface area contributed by atoms with Crippen LogP contribution < -0.4 is 4.84 Å². The van der Waals surface area contributed by atoms with Gasteiger partial charge < -0.3 is 4.90 Å². The first-order valence-corrected chi connectivity index (χ1v) is 5.24. The Kier molecular flexibility index (Phi) is 2.02. The van der Waals surface area contributed by atoms with E-state index in [1.807, 2.05) is 24.3 Å². The number of para-hydroxylation sites is 1. The van der Waals surface area contributed by atoms with Gasteiger partial charge in [0, 0.05) is 18.5 Å². The van der Waals surface area contributed by atoms with Crippen LogP contribution in [0.3, 0.4) is 0 Å². The van der Waals surface area contributed by atoms with Gasteiger partial charge >= 0.3 is 6.09 Å². The van der Waals surface area contributed by atoms with Gasteiger partial charge in [0.25, 0.3) is 0 Å². The standard InChI is InChI=1S/C11H11N3O2/c15-11(13-6-3-7-13)16-14-10-5-2-1-4-9(10)8-12-14/h1-2,4-5,8H,3,6-7H2. The highest BCUT2D eigenvalue weighted by atomic mass is 16.7. The lowest BCUT2D eigenvalue weighted by molar-refractivity contribution is 0.0652. The molecule has 82 valence electrons. The van der Waals surface area contributed by atoms with Crippen molar-refractivity contribution in [1.29, 1.82) is 0 Å². The van der Waals surface area contributed by atoms with E-state index in [1.165, 1.54) is 4.85 Å². The zero-order valence-corrected chi connectivity index (χ0v) is 8.67. The van der Waals surface area contributed by atoms with Crippen LogP contribution in [-0.4, -0.2) is 34.0 Å². The molecule has 0 unspecified atom stereocenters. The summed E-state index contributed by atoms with van der Waals surface area (Å²) < 4.78 is 0. The van der Waals surface area contributed by atoms with E-state index in [9.17, 15) is 4.79 Å². The molecule has 16 heavy (non-hydrogen) atoms. The number of amides is 1. The summed E-state index contributed by atoms with van der Waals surface area (Å²) in [4.78, 5) is 19.7. The Balaban J connectivity index is 1.86. The molecule has 1 aromatic heterocycles. The van der Waals surface area contributed by atoms with Gasteiger partial charge in [0.15, 0.2) is 0 Å². The number of likely N-dealkylation sites (tertiary alicyclic amines) is 1. The maximum absolute atomic E-state index is 11.6. The van der Waals surface area contributed by atoms with Gasteiger partial charge in [0.1, 0.15) is 5.52 Å². The number of hydrogen-bond donors (Lipinski definition) is 0. The molecule has 0 radical (unpaired) electrons. The lowest BCUT2D eigenvalue weighted by Gasteiger charge is -2.29. The van der Waals surface area contributed by atoms with Gasteiger partial charge in [-0.25, -0.2) is 4.79 Å². The number of hydrogen-bond acceptors (Lipinski definition) is 3. The molecule has 1 aromatic carbocycles. The summed E-state index contributed by atoms with van der Waals surface area (Å²) in [6.07, 6.45) is 2.40. The molecular weight excluding hydrogens is 206 g/mol. The lowest BCUT2D eigenvalue weighted by atomic mass is 10.2. The SMILES string of the molecule is O=C(On1ncc2ccccc21)N1CCC1. The number of fused-ring (bicyclic) bond motifs is 1. The monoisotopic (exact) mass is 217 g/mol. The second-order valence-electron chi connectivity index (χ2n) is 3.77. The first-order chi connectivity index (χ1) is 7.84. The van der Waals surface area contributed by atoms with Crippen LogP contribution in [0.2, 0.25) is 0 Å². The van der Waals surface area contributed by atoms with Crippen LogP contribution in [0.25, 0.3) is 10.9 Å². The van der Waals surface area contributed by atoms with Gasteiger partial charge in [0.2, 0.25) is 0 Å². The average molecular weight is 217 g/mol. The predicted molar refractivity (Wildman–Crippen MR) is 57.9 cm³/mol. The van der Waals surface area contributed by atoms with Crippen LogP contribution in [0.15, 0.2) is 30.5 Å². The molecule has 0 saturated carbocycles. The predicted octanol–water partition coefficient (Wildman–Crippen LogP) is 1.29. The summed E-state index contributed by atoms with van der Waals surface area (Å²) in [5.41, 5.74) is 0.802. The fourth-order valence-electron chi connectivity index (χ4n) is 1.65. The minimum absolute atomic E-state index is 0.333. The Labute approximate surface area is 92.2 Å². The molecule has 5 nitrogen and oxygen atoms in total. The Hall–Kier alpha value is -2.04. The zero-order chi connectivity index (χ0) is 11.0. The smallest absolute Gasteiger partial charge is 0.306 e. The fourth-order valence-corrected chi connectivity index (χ4v) is 1.65. The summed E-state index contributed by atoms with van der Waals surface area (Å²) in [6, 6.07) is 7.60. The fraction of sp³-hybridized carbons (Fsp3) is 0.273. The van der Waals surface area contributed by atoms with Crippen molar-refractivity contribution in [3.8, 4) is 0 Å². The summed E-state index contributed by atoms with van der Waals surface area (Å²) in [5, 5.41) is 4.98. The summed E-state index contributed by atoms with van der Waals surface area (Å²) >= 11 is 0. The topological polar surface area (TPSA) is 47.4 Å². The van der Waals surface area contributed by atoms with Crippen LogP contribution in [0.5, 0.6) is 0 Å². The highest BCUT2D eigenvalue weighted by molar-refractivity contribution is 5.79. The van der Waals surface area contributed by atoms with Crippen molar-refractivity contribution in [2.75, 3.05) is 13.1 Å². The second kappa shape index (κ2) is 3.52. The minimum atomic E-state index is -0.333. The van der Waals surface area contributed by atoms with Gasteiger partial charge in [0.05, 0.1) is 6.20 Å². The molecule has 1 fully saturated rings. The van der Waals surface area contributed by atoms with Gasteiger partial charge in [-0.1, -0.05) is 23.0 Å². The second-order valence-corrected chi connectivity index (χ2v) is 3.77. The molecule has 1 aliphatic rings. The van der Waals surface area contributed by atoms with Crippen molar-refractivity contribution in [3.63, 3.8) is 0 Å². The Morgan fingerprint density at radius 2 is 2.12 bits per heavy atom. The molecule has 1 saturated heterocycles. The highest BCUT2D eigenvalue weighted by Crippen LogP contribution is 2.12. The number of benzene rings is 1. The molecule has 0 bridgehead atoms. The van der Waals surface area contributed by atoms with E-state index in [-0.39, 0.29) is 6.09 Å². The van der Waals surface area contributed by atoms with E-state index >= 15 is 0 Å². The number of nitrogens with zero attached hydrogens (tertiary/aromatic N) is 3. The van der Waals surface area contributed by atoms with Crippen LogP contribution >= 0.6 is 0 Å². The molecule has 1 aliphatic heterocycles. The lowest BCUT2D eigenvalue weighted by Crippen LogP contribution is -2.45. The quantitative estimate of drug-likeness (QED) is 0.723. The van der Waals surface area contributed by atoms with Crippen molar-refractivity contribution in [1.82, 2.24) is 14.8 Å². The van der Waals surface area contributed by atoms with E-state index in [2.05, 4.69) is 5.10 Å². The Morgan fingerprint density at radius 1 is 1.31 bits per heavy atom. The Bertz CT molecular complexity index is 531. The average Bonchev–Trinajstić information content (AvgIpc) is 2.59. The van der Waals surface area contributed by atoms with Gasteiger partial charge in [-0.15, -0.1) is 5.10 Å². The molecule has 3 rings (SSSR count). The molecule has 5 heteroatoms. The number of carbonyl (C=O) groups is 1. The largest absolute Gasteiger partial charge is 0.435 e. The first-order valence-electron chi connectivity index (χ1n) is 5.24. The third-order valence-corrected chi connectivity index (χ3v) is 2.72. The van der Waals surface area contributed by atoms with Gasteiger partial charge in [-0.3, -0.25) is 4.84 Å². The van der Waals surface area contributed by atoms with E-state index in [0.29, 0.717) is 0 Å². The molecule has 0 spiro atoms. The van der Waals surface area contributed by atoms with Gasteiger partial charge in [-0.2, -0.15) is 0 Å². The van der Waals surface area contributed by atoms with Gasteiger partial charge in [-0.05, 0) is 12.5 Å². The van der Waals surface area contributed by atoms with Crippen molar-refractivity contribution in [3.05, 3.63) is 30.5 Å². The number of rotatable bonds is 1. The number of aromatic nitrogens is 2. The number of carbonyl (C=O) groups excluding carboxylic acids is 1. The van der Waals surface area contributed by atoms with Crippen LogP contribution in [0, 0.1) is 0 Å². The van der Waals surface area contributed by atoms with Crippen LogP contribution in [-0.2, 0) is 0 Å². The third kappa shape index (κ3) is 1.41. The van der Waals surface area contributed by atoms with E-state index in [0.717, 1.165) is 30.4 Å². The summed E-state index contributed by atoms with van der Waals surface area (Å²) in [6.45, 7) is 1.55. The van der Waals surface area contributed by atoms with Crippen molar-refractivity contribution >= 4 is 17.0 Å². The van der Waals surface area contributed by atoms with Crippen molar-refractivity contribution < 1.29 is 9.63 Å². The van der Waals surface area contributed by atoms with Crippen LogP contribution in [0.4, 0.5) is 4.79 Å². The maximum Gasteiger partial charge on any atom is 0.435 e. The summed E-state index contributed by atoms with van der Waals surface area (Å²) in [7, 11) is 0. The van der Waals surface area contributed by atoms with E-state index in [1.54, 1.807) is 11.1 Å². The Morgan fingerprint density at radius 3 is 2.88 bits per heavy atom. The maximum atomic E-state index is 11.6. The normalized spacial score (nSPS) is 14.9. The van der Waals surface area contributed by atoms with E-state index < -0.39 is 0 Å². The molecule has 2 aromatic rings.